The van der Waals surface area contributed by atoms with Gasteiger partial charge in [-0.2, -0.15) is 0 Å². The Morgan fingerprint density at radius 2 is 1.36 bits per heavy atom. The van der Waals surface area contributed by atoms with Crippen molar-refractivity contribution in [3.05, 3.63) is 0 Å². The zero-order valence-electron chi connectivity index (χ0n) is 7.82. The van der Waals surface area contributed by atoms with Gasteiger partial charge in [0.15, 0.2) is 0 Å². The van der Waals surface area contributed by atoms with Crippen molar-refractivity contribution in [3.8, 4) is 0 Å². The first-order valence-electron chi connectivity index (χ1n) is 4.18. The minimum atomic E-state index is -0.907. The van der Waals surface area contributed by atoms with Gasteiger partial charge < -0.3 is 10.0 Å². The molecule has 0 fully saturated rings. The maximum Gasteiger partial charge on any atom is 0.272 e. The van der Waals surface area contributed by atoms with Crippen molar-refractivity contribution < 1.29 is 10.0 Å². The predicted molar refractivity (Wildman–Crippen MR) is 73.5 cm³/mol. The van der Waals surface area contributed by atoms with Gasteiger partial charge >= 0.3 is 0 Å². The van der Waals surface area contributed by atoms with Crippen LogP contribution in [0.3, 0.4) is 0 Å². The molecule has 0 rings (SSSR count). The molecule has 0 aromatic carbocycles. The Hall–Kier alpha value is 0.699. The first-order chi connectivity index (χ1) is 6.81. The molecule has 0 unspecified atom stereocenters. The normalized spacial score (nSPS) is 7.57. The van der Waals surface area contributed by atoms with E-state index in [1.165, 1.54) is 14.1 Å². The Morgan fingerprint density at radius 1 is 0.857 bits per heavy atom. The highest BCUT2D eigenvalue weighted by Crippen LogP contribution is 1.65. The van der Waals surface area contributed by atoms with E-state index in [1.54, 1.807) is 35.3 Å². The third-order valence-corrected chi connectivity index (χ3v) is 1.24. The Morgan fingerprint density at radius 3 is 1.86 bits per heavy atom. The van der Waals surface area contributed by atoms with Crippen LogP contribution in [0.25, 0.3) is 0 Å². The second-order valence-corrected chi connectivity index (χ2v) is 2.37. The SMILES string of the molecule is [B][B][B][B][B][B][B][B][B][B]B(O)[B]O. The second-order valence-electron chi connectivity index (χ2n) is 2.37. The maximum absolute atomic E-state index is 8.86. The number of hydrogen-bond donors (Lipinski definition) is 2. The molecule has 0 atom stereocenters. The predicted octanol–water partition coefficient (Wildman–Crippen LogP) is -5.68. The minimum Gasteiger partial charge on any atom is -0.466 e. The van der Waals surface area contributed by atoms with Crippen LogP contribution in [0.1, 0.15) is 0 Å². The summed E-state index contributed by atoms with van der Waals surface area (Å²) < 4.78 is 0. The molecule has 50 valence electrons. The monoisotopic (exact) mass is 166 g/mol. The van der Waals surface area contributed by atoms with E-state index < -0.39 is 6.70 Å². The van der Waals surface area contributed by atoms with Crippen molar-refractivity contribution in [3.63, 3.8) is 0 Å². The molecule has 0 amide bonds. The van der Waals surface area contributed by atoms with Crippen LogP contribution in [-0.4, -0.2) is 95.4 Å². The first-order valence-corrected chi connectivity index (χ1v) is 4.18. The molecule has 0 saturated carbocycles. The molecule has 14 heteroatoms. The van der Waals surface area contributed by atoms with Gasteiger partial charge in [0.1, 0.15) is 0 Å². The summed E-state index contributed by atoms with van der Waals surface area (Å²) in [6.45, 7) is -0.907. The molecule has 14 heavy (non-hydrogen) atoms. The lowest BCUT2D eigenvalue weighted by Gasteiger charge is -1.98. The summed E-state index contributed by atoms with van der Waals surface area (Å²) in [6, 6.07) is 0. The quantitative estimate of drug-likeness (QED) is 0.249. The highest BCUT2D eigenvalue weighted by Gasteiger charge is 2.10. The van der Waals surface area contributed by atoms with Crippen LogP contribution in [0.15, 0.2) is 0 Å². The first kappa shape index (κ1) is 14.7. The van der Waals surface area contributed by atoms with Crippen LogP contribution in [0, 0.1) is 0 Å². The van der Waals surface area contributed by atoms with Crippen LogP contribution in [0.5, 0.6) is 0 Å². The zero-order valence-corrected chi connectivity index (χ0v) is 7.82. The van der Waals surface area contributed by atoms with Crippen molar-refractivity contribution >= 4 is 85.4 Å². The molecule has 0 spiro atoms. The third-order valence-electron chi connectivity index (χ3n) is 1.24. The Labute approximate surface area is 95.7 Å². The average molecular weight is 164 g/mol. The molecular weight excluding hydrogens is 162 g/mol. The minimum absolute atomic E-state index is 0.708. The Bertz CT molecular complexity index is 104. The van der Waals surface area contributed by atoms with E-state index >= 15 is 0 Å². The van der Waals surface area contributed by atoms with E-state index in [-0.39, 0.29) is 0 Å². The van der Waals surface area contributed by atoms with Crippen molar-refractivity contribution in [2.45, 2.75) is 0 Å². The molecule has 0 bridgehead atoms. The molecule has 2 nitrogen and oxygen atoms in total. The van der Waals surface area contributed by atoms with Gasteiger partial charge in [-0.25, -0.2) is 0 Å². The smallest absolute Gasteiger partial charge is 0.272 e. The molecule has 0 heterocycles. The van der Waals surface area contributed by atoms with Crippen LogP contribution in [0.2, 0.25) is 0 Å². The van der Waals surface area contributed by atoms with Gasteiger partial charge in [-0.3, -0.25) is 0 Å². The van der Waals surface area contributed by atoms with Crippen molar-refractivity contribution in [2.24, 2.45) is 0 Å². The Kier molecular flexibility index (Phi) is 12.4. The van der Waals surface area contributed by atoms with Gasteiger partial charge in [0.05, 0.1) is 7.06 Å². The summed E-state index contributed by atoms with van der Waals surface area (Å²) in [5, 5.41) is 17.2. The van der Waals surface area contributed by atoms with Gasteiger partial charge in [0.25, 0.3) is 7.37 Å². The standard InChI is InChI=1S/B12H2O2/c1-2-3-4-5-6-7-8-9-10-12(14)11-13/h13-14H. The molecule has 0 aliphatic heterocycles. The van der Waals surface area contributed by atoms with Crippen LogP contribution in [-0.2, 0) is 0 Å². The fraction of sp³-hybridized carbons (Fsp3) is 0. The van der Waals surface area contributed by atoms with E-state index in [0.717, 1.165) is 0 Å². The van der Waals surface area contributed by atoms with Crippen LogP contribution >= 0.6 is 0 Å². The molecule has 0 aromatic rings. The molecule has 0 aromatic heterocycles. The highest BCUT2D eigenvalue weighted by molar-refractivity contribution is 7.71. The van der Waals surface area contributed by atoms with Crippen molar-refractivity contribution in [1.29, 1.82) is 0 Å². The lowest BCUT2D eigenvalue weighted by molar-refractivity contribution is 0.578. The van der Waals surface area contributed by atoms with Gasteiger partial charge in [-0.05, 0) is 0 Å². The van der Waals surface area contributed by atoms with Gasteiger partial charge in [-0.1, -0.05) is 0 Å². The molecule has 2 N–H and O–H groups in total. The van der Waals surface area contributed by atoms with Crippen molar-refractivity contribution in [1.82, 2.24) is 0 Å². The largest absolute Gasteiger partial charge is 0.466 e. The van der Waals surface area contributed by atoms with Crippen molar-refractivity contribution in [2.75, 3.05) is 0 Å². The Balaban J connectivity index is 2.92. The van der Waals surface area contributed by atoms with E-state index in [9.17, 15) is 0 Å². The number of hydrogen-bond acceptors (Lipinski definition) is 2. The van der Waals surface area contributed by atoms with E-state index in [2.05, 4.69) is 0 Å². The maximum atomic E-state index is 8.86. The topological polar surface area (TPSA) is 40.5 Å². The summed E-state index contributed by atoms with van der Waals surface area (Å²) in [7, 11) is 21.0. The summed E-state index contributed by atoms with van der Waals surface area (Å²) in [5.41, 5.74) is 0. The second kappa shape index (κ2) is 11.8. The summed E-state index contributed by atoms with van der Waals surface area (Å²) in [5.74, 6) is 0. The lowest BCUT2D eigenvalue weighted by Crippen LogP contribution is -2.39. The number of rotatable bonds is 10. The molecule has 12 radical (unpaired) electrons. The molecule has 0 aliphatic carbocycles. The molecule has 0 saturated heterocycles. The fourth-order valence-corrected chi connectivity index (χ4v) is 0.613. The summed E-state index contributed by atoms with van der Waals surface area (Å²) >= 11 is 0. The van der Waals surface area contributed by atoms with Crippen LogP contribution < -0.4 is 0 Å². The van der Waals surface area contributed by atoms with Gasteiger partial charge in [-0.15, -0.1) is 0 Å². The van der Waals surface area contributed by atoms with E-state index in [0.29, 0.717) is 7.37 Å². The fourth-order valence-electron chi connectivity index (χ4n) is 0.613. The highest BCUT2D eigenvalue weighted by atomic mass is 16.2. The zero-order chi connectivity index (χ0) is 10.6. The molecular formula is H2B12O2. The van der Waals surface area contributed by atoms with Crippen LogP contribution in [0.4, 0.5) is 0 Å². The lowest BCUT2D eigenvalue weighted by atomic mass is 8.86. The third kappa shape index (κ3) is 10.8. The average Bonchev–Trinajstić information content (AvgIpc) is 2.21. The van der Waals surface area contributed by atoms with E-state index in [4.69, 9.17) is 17.8 Å². The van der Waals surface area contributed by atoms with Gasteiger partial charge in [0.2, 0.25) is 6.70 Å². The van der Waals surface area contributed by atoms with E-state index in [1.807, 2.05) is 14.1 Å². The van der Waals surface area contributed by atoms with Gasteiger partial charge in [0, 0.05) is 64.2 Å². The summed E-state index contributed by atoms with van der Waals surface area (Å²) in [4.78, 5) is 0. The molecule has 0 aliphatic rings. The summed E-state index contributed by atoms with van der Waals surface area (Å²) in [6.07, 6.45) is 0.